The number of fused-ring (bicyclic) bond motifs is 1. The number of rotatable bonds is 2. The standard InChI is InChI=1S/C14H11N3O3/c1-9-4-5-10(7-12(9)17(19)20)11-8-16-6-2-3-13(18)14(16)15-11/h2-8,18H,1H3. The van der Waals surface area contributed by atoms with E-state index in [-0.39, 0.29) is 11.4 Å². The molecule has 20 heavy (non-hydrogen) atoms. The number of pyridine rings is 1. The minimum atomic E-state index is -0.411. The van der Waals surface area contributed by atoms with Crippen LogP contribution in [0.4, 0.5) is 5.69 Å². The Labute approximate surface area is 114 Å². The van der Waals surface area contributed by atoms with Crippen LogP contribution in [-0.4, -0.2) is 19.4 Å². The van der Waals surface area contributed by atoms with Crippen molar-refractivity contribution in [2.24, 2.45) is 0 Å². The van der Waals surface area contributed by atoms with Gasteiger partial charge in [-0.3, -0.25) is 10.1 Å². The average Bonchev–Trinajstić information content (AvgIpc) is 2.84. The third-order valence-corrected chi connectivity index (χ3v) is 3.16. The highest BCUT2D eigenvalue weighted by molar-refractivity contribution is 5.68. The number of benzene rings is 1. The van der Waals surface area contributed by atoms with Crippen molar-refractivity contribution in [2.45, 2.75) is 6.92 Å². The van der Waals surface area contributed by atoms with E-state index in [1.165, 1.54) is 6.07 Å². The summed E-state index contributed by atoms with van der Waals surface area (Å²) in [6, 6.07) is 8.21. The lowest BCUT2D eigenvalue weighted by Crippen LogP contribution is -1.92. The predicted octanol–water partition coefficient (Wildman–Crippen LogP) is 2.92. The molecule has 0 radical (unpaired) electrons. The highest BCUT2D eigenvalue weighted by Crippen LogP contribution is 2.28. The van der Waals surface area contributed by atoms with E-state index in [4.69, 9.17) is 0 Å². The van der Waals surface area contributed by atoms with Crippen LogP contribution in [0.25, 0.3) is 16.9 Å². The fourth-order valence-corrected chi connectivity index (χ4v) is 2.10. The third kappa shape index (κ3) is 1.87. The summed E-state index contributed by atoms with van der Waals surface area (Å²) in [5.74, 6) is 0.0698. The van der Waals surface area contributed by atoms with Crippen LogP contribution in [0, 0.1) is 17.0 Å². The second kappa shape index (κ2) is 4.34. The molecule has 6 heteroatoms. The second-order valence-corrected chi connectivity index (χ2v) is 4.51. The summed E-state index contributed by atoms with van der Waals surface area (Å²) < 4.78 is 1.68. The molecule has 0 aliphatic carbocycles. The van der Waals surface area contributed by atoms with E-state index in [1.807, 2.05) is 0 Å². The van der Waals surface area contributed by atoms with Gasteiger partial charge in [-0.05, 0) is 19.1 Å². The molecule has 100 valence electrons. The van der Waals surface area contributed by atoms with Gasteiger partial charge in [-0.15, -0.1) is 0 Å². The van der Waals surface area contributed by atoms with Crippen LogP contribution in [0.1, 0.15) is 5.56 Å². The highest BCUT2D eigenvalue weighted by Gasteiger charge is 2.14. The van der Waals surface area contributed by atoms with Crippen LogP contribution in [0.3, 0.4) is 0 Å². The molecule has 0 fully saturated rings. The number of hydrogen-bond donors (Lipinski definition) is 1. The largest absolute Gasteiger partial charge is 0.504 e. The zero-order valence-electron chi connectivity index (χ0n) is 10.6. The fourth-order valence-electron chi connectivity index (χ4n) is 2.10. The Bertz CT molecular complexity index is 824. The molecule has 1 aromatic carbocycles. The Morgan fingerprint density at radius 3 is 2.85 bits per heavy atom. The van der Waals surface area contributed by atoms with Gasteiger partial charge in [0.2, 0.25) is 0 Å². The van der Waals surface area contributed by atoms with Gasteiger partial charge in [-0.1, -0.05) is 12.1 Å². The molecular weight excluding hydrogens is 258 g/mol. The van der Waals surface area contributed by atoms with Gasteiger partial charge in [0.05, 0.1) is 10.6 Å². The minimum absolute atomic E-state index is 0.0591. The van der Waals surface area contributed by atoms with Crippen molar-refractivity contribution < 1.29 is 10.0 Å². The molecule has 0 unspecified atom stereocenters. The van der Waals surface area contributed by atoms with Crippen molar-refractivity contribution >= 4 is 11.3 Å². The minimum Gasteiger partial charge on any atom is -0.504 e. The SMILES string of the molecule is Cc1ccc(-c2cn3cccc(O)c3n2)cc1[N+](=O)[O-]. The molecule has 2 aromatic heterocycles. The lowest BCUT2D eigenvalue weighted by Gasteiger charge is -1.99. The number of nitro groups is 1. The number of aromatic nitrogens is 2. The molecule has 0 spiro atoms. The first-order valence-corrected chi connectivity index (χ1v) is 5.98. The second-order valence-electron chi connectivity index (χ2n) is 4.51. The van der Waals surface area contributed by atoms with Crippen LogP contribution >= 0.6 is 0 Å². The van der Waals surface area contributed by atoms with Gasteiger partial charge in [0.25, 0.3) is 5.69 Å². The fraction of sp³-hybridized carbons (Fsp3) is 0.0714. The van der Waals surface area contributed by atoms with Crippen molar-refractivity contribution in [3.63, 3.8) is 0 Å². The van der Waals surface area contributed by atoms with Crippen molar-refractivity contribution in [2.75, 3.05) is 0 Å². The molecule has 6 nitrogen and oxygen atoms in total. The zero-order chi connectivity index (χ0) is 14.3. The highest BCUT2D eigenvalue weighted by atomic mass is 16.6. The molecule has 2 heterocycles. The Morgan fingerprint density at radius 1 is 1.35 bits per heavy atom. The van der Waals surface area contributed by atoms with E-state index in [2.05, 4.69) is 4.98 Å². The monoisotopic (exact) mass is 269 g/mol. The van der Waals surface area contributed by atoms with Gasteiger partial charge in [0.1, 0.15) is 0 Å². The number of aryl methyl sites for hydroxylation is 1. The Hall–Kier alpha value is -2.89. The summed E-state index contributed by atoms with van der Waals surface area (Å²) in [4.78, 5) is 14.9. The third-order valence-electron chi connectivity index (χ3n) is 3.16. The van der Waals surface area contributed by atoms with Gasteiger partial charge in [-0.2, -0.15) is 0 Å². The number of imidazole rings is 1. The maximum atomic E-state index is 11.0. The maximum absolute atomic E-state index is 11.0. The van der Waals surface area contributed by atoms with E-state index >= 15 is 0 Å². The topological polar surface area (TPSA) is 80.7 Å². The molecule has 0 bridgehead atoms. The number of nitrogens with zero attached hydrogens (tertiary/aromatic N) is 3. The lowest BCUT2D eigenvalue weighted by molar-refractivity contribution is -0.385. The van der Waals surface area contributed by atoms with Crippen molar-refractivity contribution in [3.8, 4) is 17.0 Å². The molecule has 1 N–H and O–H groups in total. The molecule has 0 atom stereocenters. The van der Waals surface area contributed by atoms with Gasteiger partial charge in [0, 0.05) is 29.6 Å². The summed E-state index contributed by atoms with van der Waals surface area (Å²) in [7, 11) is 0. The smallest absolute Gasteiger partial charge is 0.272 e. The van der Waals surface area contributed by atoms with Crippen molar-refractivity contribution in [3.05, 3.63) is 58.4 Å². The lowest BCUT2D eigenvalue weighted by atomic mass is 10.1. The summed E-state index contributed by atoms with van der Waals surface area (Å²) in [5, 5.41) is 20.7. The van der Waals surface area contributed by atoms with Gasteiger partial charge in [-0.25, -0.2) is 4.98 Å². The Morgan fingerprint density at radius 2 is 2.15 bits per heavy atom. The number of aromatic hydroxyl groups is 1. The summed E-state index contributed by atoms with van der Waals surface area (Å²) >= 11 is 0. The van der Waals surface area contributed by atoms with E-state index in [9.17, 15) is 15.2 Å². The normalized spacial score (nSPS) is 10.8. The molecule has 0 saturated carbocycles. The van der Waals surface area contributed by atoms with Gasteiger partial charge in [0.15, 0.2) is 11.4 Å². The summed E-state index contributed by atoms with van der Waals surface area (Å²) in [6.45, 7) is 1.69. The van der Waals surface area contributed by atoms with E-state index < -0.39 is 4.92 Å². The predicted molar refractivity (Wildman–Crippen MR) is 73.7 cm³/mol. The quantitative estimate of drug-likeness (QED) is 0.573. The van der Waals surface area contributed by atoms with Crippen LogP contribution in [0.2, 0.25) is 0 Å². The molecule has 0 aliphatic heterocycles. The zero-order valence-corrected chi connectivity index (χ0v) is 10.6. The van der Waals surface area contributed by atoms with E-state index in [0.29, 0.717) is 22.5 Å². The Balaban J connectivity index is 2.18. The van der Waals surface area contributed by atoms with E-state index in [1.54, 1.807) is 48.0 Å². The first-order chi connectivity index (χ1) is 9.56. The number of hydrogen-bond acceptors (Lipinski definition) is 4. The summed E-state index contributed by atoms with van der Waals surface area (Å²) in [5.41, 5.74) is 2.31. The number of nitro benzene ring substituents is 1. The van der Waals surface area contributed by atoms with Crippen molar-refractivity contribution in [1.82, 2.24) is 9.38 Å². The van der Waals surface area contributed by atoms with Gasteiger partial charge >= 0.3 is 0 Å². The van der Waals surface area contributed by atoms with Crippen LogP contribution in [-0.2, 0) is 0 Å². The van der Waals surface area contributed by atoms with Crippen LogP contribution in [0.15, 0.2) is 42.7 Å². The first kappa shape index (κ1) is 12.2. The first-order valence-electron chi connectivity index (χ1n) is 5.98. The van der Waals surface area contributed by atoms with E-state index in [0.717, 1.165) is 0 Å². The van der Waals surface area contributed by atoms with Crippen LogP contribution < -0.4 is 0 Å². The molecule has 0 aliphatic rings. The molecule has 3 aromatic rings. The average molecular weight is 269 g/mol. The molecular formula is C14H11N3O3. The molecule has 0 amide bonds. The molecule has 3 rings (SSSR count). The van der Waals surface area contributed by atoms with Crippen LogP contribution in [0.5, 0.6) is 5.75 Å². The maximum Gasteiger partial charge on any atom is 0.272 e. The summed E-state index contributed by atoms with van der Waals surface area (Å²) in [6.07, 6.45) is 3.48. The Kier molecular flexibility index (Phi) is 2.64. The molecule has 0 saturated heterocycles. The van der Waals surface area contributed by atoms with Gasteiger partial charge < -0.3 is 9.51 Å². The van der Waals surface area contributed by atoms with Crippen molar-refractivity contribution in [1.29, 1.82) is 0 Å².